The number of amides is 1. The summed E-state index contributed by atoms with van der Waals surface area (Å²) in [5.74, 6) is -1.17. The van der Waals surface area contributed by atoms with Gasteiger partial charge in [-0.25, -0.2) is 4.79 Å². The van der Waals surface area contributed by atoms with Crippen molar-refractivity contribution in [3.8, 4) is 0 Å². The molecule has 0 aliphatic carbocycles. The number of aromatic nitrogens is 2. The van der Waals surface area contributed by atoms with E-state index in [-0.39, 0.29) is 5.91 Å². The van der Waals surface area contributed by atoms with Crippen LogP contribution in [-0.2, 0) is 11.2 Å². The fourth-order valence-electron chi connectivity index (χ4n) is 2.17. The monoisotopic (exact) mass is 269 g/mol. The average Bonchev–Trinajstić information content (AvgIpc) is 2.96. The van der Waals surface area contributed by atoms with E-state index >= 15 is 0 Å². The Morgan fingerprint density at radius 2 is 2.33 bits per heavy atom. The van der Waals surface area contributed by atoms with Crippen LogP contribution in [0.25, 0.3) is 0 Å². The average molecular weight is 269 g/mol. The van der Waals surface area contributed by atoms with E-state index in [9.17, 15) is 9.59 Å². The van der Waals surface area contributed by atoms with Crippen molar-refractivity contribution >= 4 is 23.4 Å². The highest BCUT2D eigenvalue weighted by molar-refractivity contribution is 7.08. The highest BCUT2D eigenvalue weighted by atomic mass is 32.1. The van der Waals surface area contributed by atoms with Crippen molar-refractivity contribution < 1.29 is 14.7 Å². The number of carbonyl (C=O) groups excluding carboxylic acids is 1. The molecule has 0 radical (unpaired) electrons. The molecule has 7 heteroatoms. The molecule has 2 heterocycles. The minimum atomic E-state index is -0.935. The molecule has 1 aromatic heterocycles. The Balaban J connectivity index is 2.20. The van der Waals surface area contributed by atoms with Gasteiger partial charge in [0, 0.05) is 6.54 Å². The molecule has 1 amide bonds. The molecule has 1 saturated heterocycles. The van der Waals surface area contributed by atoms with Crippen LogP contribution in [0.15, 0.2) is 0 Å². The first-order valence-corrected chi connectivity index (χ1v) is 6.77. The molecule has 1 N–H and O–H groups in total. The Morgan fingerprint density at radius 1 is 1.56 bits per heavy atom. The minimum Gasteiger partial charge on any atom is -0.480 e. The van der Waals surface area contributed by atoms with Gasteiger partial charge in [-0.05, 0) is 30.8 Å². The van der Waals surface area contributed by atoms with Crippen LogP contribution in [0.2, 0.25) is 0 Å². The third-order valence-corrected chi connectivity index (χ3v) is 3.79. The SMILES string of the molecule is CCCc1nnsc1C(=O)N1CCC[C@H]1C(=O)O. The Hall–Kier alpha value is -1.50. The van der Waals surface area contributed by atoms with Crippen LogP contribution >= 0.6 is 11.5 Å². The van der Waals surface area contributed by atoms with Crippen molar-refractivity contribution in [2.24, 2.45) is 0 Å². The molecule has 2 rings (SSSR count). The molecular weight excluding hydrogens is 254 g/mol. The van der Waals surface area contributed by atoms with Gasteiger partial charge in [-0.1, -0.05) is 17.8 Å². The van der Waals surface area contributed by atoms with Crippen LogP contribution in [0.1, 0.15) is 41.6 Å². The number of carboxylic acid groups (broad SMARTS) is 1. The van der Waals surface area contributed by atoms with Gasteiger partial charge in [0.25, 0.3) is 5.91 Å². The number of nitrogens with zero attached hydrogens (tertiary/aromatic N) is 3. The summed E-state index contributed by atoms with van der Waals surface area (Å²) < 4.78 is 3.80. The zero-order chi connectivity index (χ0) is 13.1. The third-order valence-electron chi connectivity index (χ3n) is 3.04. The van der Waals surface area contributed by atoms with Gasteiger partial charge in [0.05, 0.1) is 5.69 Å². The van der Waals surface area contributed by atoms with Gasteiger partial charge >= 0.3 is 5.97 Å². The molecule has 0 bridgehead atoms. The highest BCUT2D eigenvalue weighted by Gasteiger charge is 2.36. The molecular formula is C11H15N3O3S. The summed E-state index contributed by atoms with van der Waals surface area (Å²) in [4.78, 5) is 25.3. The Labute approximate surface area is 109 Å². The second kappa shape index (κ2) is 5.43. The van der Waals surface area contributed by atoms with Crippen molar-refractivity contribution in [3.63, 3.8) is 0 Å². The second-order valence-electron chi connectivity index (χ2n) is 4.29. The Bertz CT molecular complexity index is 460. The largest absolute Gasteiger partial charge is 0.480 e. The standard InChI is InChI=1S/C11H15N3O3S/c1-2-4-7-9(18-13-12-7)10(15)14-6-3-5-8(14)11(16)17/h8H,2-6H2,1H3,(H,16,17)/t8-/m0/s1. The number of rotatable bonds is 4. The van der Waals surface area contributed by atoms with E-state index in [2.05, 4.69) is 9.59 Å². The quantitative estimate of drug-likeness (QED) is 0.887. The molecule has 0 saturated carbocycles. The summed E-state index contributed by atoms with van der Waals surface area (Å²) in [6, 6.07) is -0.700. The first kappa shape index (κ1) is 12.9. The van der Waals surface area contributed by atoms with Crippen molar-refractivity contribution in [2.75, 3.05) is 6.54 Å². The molecule has 1 fully saturated rings. The number of likely N-dealkylation sites (tertiary alicyclic amines) is 1. The number of hydrogen-bond acceptors (Lipinski definition) is 5. The molecule has 1 aliphatic rings. The zero-order valence-corrected chi connectivity index (χ0v) is 10.9. The summed E-state index contributed by atoms with van der Waals surface area (Å²) in [6.07, 6.45) is 2.84. The lowest BCUT2D eigenvalue weighted by molar-refractivity contribution is -0.141. The first-order valence-electron chi connectivity index (χ1n) is 6.00. The normalized spacial score (nSPS) is 19.2. The van der Waals surface area contributed by atoms with Crippen molar-refractivity contribution in [2.45, 2.75) is 38.6 Å². The first-order chi connectivity index (χ1) is 8.65. The second-order valence-corrected chi connectivity index (χ2v) is 5.05. The van der Waals surface area contributed by atoms with E-state index in [1.54, 1.807) is 0 Å². The maximum absolute atomic E-state index is 12.3. The summed E-state index contributed by atoms with van der Waals surface area (Å²) in [6.45, 7) is 2.50. The lowest BCUT2D eigenvalue weighted by Gasteiger charge is -2.20. The van der Waals surface area contributed by atoms with Gasteiger partial charge in [-0.2, -0.15) is 0 Å². The smallest absolute Gasteiger partial charge is 0.326 e. The maximum Gasteiger partial charge on any atom is 0.326 e. The lowest BCUT2D eigenvalue weighted by atomic mass is 10.2. The zero-order valence-electron chi connectivity index (χ0n) is 10.1. The van der Waals surface area contributed by atoms with Crippen LogP contribution < -0.4 is 0 Å². The summed E-state index contributed by atoms with van der Waals surface area (Å²) in [5, 5.41) is 13.0. The van der Waals surface area contributed by atoms with Gasteiger partial charge in [0.2, 0.25) is 0 Å². The van der Waals surface area contributed by atoms with Gasteiger partial charge in [0.1, 0.15) is 10.9 Å². The van der Waals surface area contributed by atoms with E-state index in [1.165, 1.54) is 4.90 Å². The predicted molar refractivity (Wildman–Crippen MR) is 65.6 cm³/mol. The van der Waals surface area contributed by atoms with Gasteiger partial charge < -0.3 is 10.0 Å². The number of aliphatic carboxylic acids is 1. The van der Waals surface area contributed by atoms with E-state index in [0.29, 0.717) is 30.0 Å². The summed E-state index contributed by atoms with van der Waals surface area (Å²) in [5.41, 5.74) is 0.684. The fourth-order valence-corrected chi connectivity index (χ4v) is 2.83. The Kier molecular flexibility index (Phi) is 3.90. The highest BCUT2D eigenvalue weighted by Crippen LogP contribution is 2.23. The maximum atomic E-state index is 12.3. The number of aryl methyl sites for hydroxylation is 1. The summed E-state index contributed by atoms with van der Waals surface area (Å²) >= 11 is 1.05. The molecule has 6 nitrogen and oxygen atoms in total. The fraction of sp³-hybridized carbons (Fsp3) is 0.636. The van der Waals surface area contributed by atoms with Gasteiger partial charge in [-0.3, -0.25) is 4.79 Å². The van der Waals surface area contributed by atoms with E-state index in [4.69, 9.17) is 5.11 Å². The number of carboxylic acids is 1. The molecule has 1 atom stereocenters. The molecule has 0 unspecified atom stereocenters. The molecule has 98 valence electrons. The predicted octanol–water partition coefficient (Wildman–Crippen LogP) is 1.18. The van der Waals surface area contributed by atoms with Crippen LogP contribution in [0, 0.1) is 0 Å². The van der Waals surface area contributed by atoms with E-state index in [1.807, 2.05) is 6.92 Å². The lowest BCUT2D eigenvalue weighted by Crippen LogP contribution is -2.40. The number of hydrogen-bond donors (Lipinski definition) is 1. The molecule has 18 heavy (non-hydrogen) atoms. The molecule has 0 spiro atoms. The molecule has 0 aromatic carbocycles. The van der Waals surface area contributed by atoms with Crippen LogP contribution in [0.4, 0.5) is 0 Å². The number of carbonyl (C=O) groups is 2. The van der Waals surface area contributed by atoms with E-state index in [0.717, 1.165) is 24.4 Å². The Morgan fingerprint density at radius 3 is 3.00 bits per heavy atom. The van der Waals surface area contributed by atoms with Gasteiger partial charge in [0.15, 0.2) is 0 Å². The summed E-state index contributed by atoms with van der Waals surface area (Å²) in [7, 11) is 0. The molecule has 1 aromatic rings. The van der Waals surface area contributed by atoms with E-state index < -0.39 is 12.0 Å². The topological polar surface area (TPSA) is 83.4 Å². The van der Waals surface area contributed by atoms with Crippen LogP contribution in [0.5, 0.6) is 0 Å². The third kappa shape index (κ3) is 2.35. The van der Waals surface area contributed by atoms with Crippen LogP contribution in [-0.4, -0.2) is 44.1 Å². The van der Waals surface area contributed by atoms with Crippen molar-refractivity contribution in [1.82, 2.24) is 14.5 Å². The minimum absolute atomic E-state index is 0.238. The van der Waals surface area contributed by atoms with Gasteiger partial charge in [-0.15, -0.1) is 5.10 Å². The van der Waals surface area contributed by atoms with Crippen LogP contribution in [0.3, 0.4) is 0 Å². The molecule has 1 aliphatic heterocycles. The van der Waals surface area contributed by atoms with Crippen molar-refractivity contribution in [3.05, 3.63) is 10.6 Å². The van der Waals surface area contributed by atoms with Crippen molar-refractivity contribution in [1.29, 1.82) is 0 Å².